The van der Waals surface area contributed by atoms with Gasteiger partial charge in [-0.3, -0.25) is 0 Å². The number of fused-ring (bicyclic) bond motifs is 5. The highest BCUT2D eigenvalue weighted by molar-refractivity contribution is 5.74. The van der Waals surface area contributed by atoms with Gasteiger partial charge in [-0.2, -0.15) is 0 Å². The smallest absolute Gasteiger partial charge is 0.317 e. The first-order valence-corrected chi connectivity index (χ1v) is 5.76. The van der Waals surface area contributed by atoms with E-state index in [1.54, 1.807) is 7.05 Å². The molecule has 3 aliphatic rings. The van der Waals surface area contributed by atoms with E-state index in [1.165, 1.54) is 19.3 Å². The molecule has 0 aromatic rings. The standard InChI is InChI=1S/C11H18N2O/c1-12-11(14)13-5-9-7-2-3-8(4-7)10(9)6-13/h7-10H,2-6H2,1H3,(H,12,14). The first-order valence-electron chi connectivity index (χ1n) is 5.76. The molecule has 2 amide bonds. The molecule has 1 saturated heterocycles. The number of hydrogen-bond donors (Lipinski definition) is 1. The summed E-state index contributed by atoms with van der Waals surface area (Å²) in [6.07, 6.45) is 4.30. The highest BCUT2D eigenvalue weighted by Gasteiger charge is 2.52. The van der Waals surface area contributed by atoms with Gasteiger partial charge in [0.15, 0.2) is 0 Å². The fraction of sp³-hybridized carbons (Fsp3) is 0.909. The van der Waals surface area contributed by atoms with Crippen LogP contribution >= 0.6 is 0 Å². The SMILES string of the molecule is CNC(=O)N1CC2C3CCC(C3)C2C1. The van der Waals surface area contributed by atoms with Gasteiger partial charge >= 0.3 is 6.03 Å². The Morgan fingerprint density at radius 2 is 1.79 bits per heavy atom. The molecule has 4 unspecified atom stereocenters. The second-order valence-corrected chi connectivity index (χ2v) is 5.12. The second-order valence-electron chi connectivity index (χ2n) is 5.12. The summed E-state index contributed by atoms with van der Waals surface area (Å²) in [7, 11) is 1.73. The molecule has 3 rings (SSSR count). The molecule has 1 aliphatic heterocycles. The first-order chi connectivity index (χ1) is 6.79. The van der Waals surface area contributed by atoms with Crippen LogP contribution in [0.2, 0.25) is 0 Å². The third-order valence-corrected chi connectivity index (χ3v) is 4.64. The zero-order valence-electron chi connectivity index (χ0n) is 8.70. The van der Waals surface area contributed by atoms with Gasteiger partial charge in [-0.25, -0.2) is 4.79 Å². The third-order valence-electron chi connectivity index (χ3n) is 4.64. The van der Waals surface area contributed by atoms with Crippen molar-refractivity contribution in [2.45, 2.75) is 19.3 Å². The van der Waals surface area contributed by atoms with Crippen molar-refractivity contribution in [1.29, 1.82) is 0 Å². The normalized spacial score (nSPS) is 44.2. The van der Waals surface area contributed by atoms with Crippen LogP contribution in [0, 0.1) is 23.7 Å². The average molecular weight is 194 g/mol. The quantitative estimate of drug-likeness (QED) is 0.619. The van der Waals surface area contributed by atoms with Gasteiger partial charge in [-0.1, -0.05) is 0 Å². The van der Waals surface area contributed by atoms with Crippen LogP contribution < -0.4 is 5.32 Å². The summed E-state index contributed by atoms with van der Waals surface area (Å²) < 4.78 is 0. The molecule has 2 bridgehead atoms. The van der Waals surface area contributed by atoms with E-state index in [2.05, 4.69) is 5.32 Å². The van der Waals surface area contributed by atoms with Crippen molar-refractivity contribution in [3.63, 3.8) is 0 Å². The third kappa shape index (κ3) is 1.01. The van der Waals surface area contributed by atoms with Crippen LogP contribution in [0.1, 0.15) is 19.3 Å². The molecule has 0 spiro atoms. The van der Waals surface area contributed by atoms with E-state index in [4.69, 9.17) is 0 Å². The van der Waals surface area contributed by atoms with Gasteiger partial charge in [-0.05, 0) is 42.9 Å². The molecule has 2 saturated carbocycles. The van der Waals surface area contributed by atoms with Gasteiger partial charge in [0.05, 0.1) is 0 Å². The van der Waals surface area contributed by atoms with Crippen molar-refractivity contribution in [2.24, 2.45) is 23.7 Å². The lowest BCUT2D eigenvalue weighted by Gasteiger charge is -2.22. The fourth-order valence-corrected chi connectivity index (χ4v) is 4.01. The predicted octanol–water partition coefficient (Wildman–Crippen LogP) is 1.30. The van der Waals surface area contributed by atoms with E-state index < -0.39 is 0 Å². The fourth-order valence-electron chi connectivity index (χ4n) is 4.01. The van der Waals surface area contributed by atoms with Crippen molar-refractivity contribution >= 4 is 6.03 Å². The molecule has 4 atom stereocenters. The maximum Gasteiger partial charge on any atom is 0.317 e. The van der Waals surface area contributed by atoms with Crippen molar-refractivity contribution in [3.05, 3.63) is 0 Å². The molecule has 3 heteroatoms. The summed E-state index contributed by atoms with van der Waals surface area (Å²) in [5, 5.41) is 2.73. The second kappa shape index (κ2) is 2.88. The zero-order chi connectivity index (χ0) is 9.71. The highest BCUT2D eigenvalue weighted by Crippen LogP contribution is 2.54. The first kappa shape index (κ1) is 8.57. The molecule has 78 valence electrons. The van der Waals surface area contributed by atoms with Crippen LogP contribution in [0.3, 0.4) is 0 Å². The summed E-state index contributed by atoms with van der Waals surface area (Å²) >= 11 is 0. The molecule has 2 aliphatic carbocycles. The Labute approximate surface area is 84.8 Å². The van der Waals surface area contributed by atoms with E-state index in [1.807, 2.05) is 4.90 Å². The predicted molar refractivity (Wildman–Crippen MR) is 53.8 cm³/mol. The minimum atomic E-state index is 0.124. The largest absolute Gasteiger partial charge is 0.341 e. The summed E-state index contributed by atoms with van der Waals surface area (Å²) in [6.45, 7) is 2.04. The van der Waals surface area contributed by atoms with E-state index in [9.17, 15) is 4.79 Å². The van der Waals surface area contributed by atoms with E-state index in [0.717, 1.165) is 36.8 Å². The van der Waals surface area contributed by atoms with Gasteiger partial charge in [0.25, 0.3) is 0 Å². The molecular weight excluding hydrogens is 176 g/mol. The summed E-state index contributed by atoms with van der Waals surface area (Å²) in [6, 6.07) is 0.124. The van der Waals surface area contributed by atoms with Crippen LogP contribution in [0.5, 0.6) is 0 Å². The number of nitrogens with zero attached hydrogens (tertiary/aromatic N) is 1. The van der Waals surface area contributed by atoms with Gasteiger partial charge in [0.1, 0.15) is 0 Å². The van der Waals surface area contributed by atoms with Crippen molar-refractivity contribution in [3.8, 4) is 0 Å². The van der Waals surface area contributed by atoms with Gasteiger partial charge in [0.2, 0.25) is 0 Å². The Kier molecular flexibility index (Phi) is 1.76. The van der Waals surface area contributed by atoms with Crippen LogP contribution in [0.15, 0.2) is 0 Å². The van der Waals surface area contributed by atoms with Gasteiger partial charge in [-0.15, -0.1) is 0 Å². The maximum atomic E-state index is 11.5. The van der Waals surface area contributed by atoms with Crippen LogP contribution in [-0.2, 0) is 0 Å². The Bertz CT molecular complexity index is 248. The van der Waals surface area contributed by atoms with Gasteiger partial charge in [0, 0.05) is 20.1 Å². The number of carbonyl (C=O) groups is 1. The zero-order valence-corrected chi connectivity index (χ0v) is 8.70. The van der Waals surface area contributed by atoms with Gasteiger partial charge < -0.3 is 10.2 Å². The van der Waals surface area contributed by atoms with E-state index in [0.29, 0.717) is 0 Å². The van der Waals surface area contributed by atoms with Crippen molar-refractivity contribution < 1.29 is 4.79 Å². The molecule has 0 radical (unpaired) electrons. The van der Waals surface area contributed by atoms with Crippen LogP contribution in [-0.4, -0.2) is 31.1 Å². The molecule has 3 nitrogen and oxygen atoms in total. The minimum Gasteiger partial charge on any atom is -0.341 e. The monoisotopic (exact) mass is 194 g/mol. The number of amides is 2. The number of carbonyl (C=O) groups excluding carboxylic acids is 1. The Hall–Kier alpha value is -0.730. The summed E-state index contributed by atoms with van der Waals surface area (Å²) in [4.78, 5) is 13.5. The molecule has 3 fully saturated rings. The van der Waals surface area contributed by atoms with E-state index in [-0.39, 0.29) is 6.03 Å². The van der Waals surface area contributed by atoms with Crippen LogP contribution in [0.25, 0.3) is 0 Å². The van der Waals surface area contributed by atoms with Crippen LogP contribution in [0.4, 0.5) is 4.79 Å². The van der Waals surface area contributed by atoms with Crippen molar-refractivity contribution in [1.82, 2.24) is 10.2 Å². The Morgan fingerprint density at radius 3 is 2.29 bits per heavy atom. The van der Waals surface area contributed by atoms with Crippen molar-refractivity contribution in [2.75, 3.05) is 20.1 Å². The molecular formula is C11H18N2O. The lowest BCUT2D eigenvalue weighted by molar-refractivity contribution is 0.205. The maximum absolute atomic E-state index is 11.5. The van der Waals surface area contributed by atoms with E-state index >= 15 is 0 Å². The lowest BCUT2D eigenvalue weighted by Crippen LogP contribution is -2.37. The summed E-state index contributed by atoms with van der Waals surface area (Å²) in [5.41, 5.74) is 0. The highest BCUT2D eigenvalue weighted by atomic mass is 16.2. The Balaban J connectivity index is 1.73. The number of hydrogen-bond acceptors (Lipinski definition) is 1. The molecule has 14 heavy (non-hydrogen) atoms. The lowest BCUT2D eigenvalue weighted by atomic mass is 9.82. The molecule has 1 N–H and O–H groups in total. The number of urea groups is 1. The molecule has 0 aromatic carbocycles. The molecule has 1 heterocycles. The summed E-state index contributed by atoms with van der Waals surface area (Å²) in [5.74, 6) is 3.57. The average Bonchev–Trinajstić information content (AvgIpc) is 2.87. The Morgan fingerprint density at radius 1 is 1.21 bits per heavy atom. The molecule has 0 aromatic heterocycles. The number of nitrogens with one attached hydrogen (secondary N) is 1. The minimum absolute atomic E-state index is 0.124. The number of rotatable bonds is 0. The number of likely N-dealkylation sites (tertiary alicyclic amines) is 1. The topological polar surface area (TPSA) is 32.3 Å².